The minimum absolute atomic E-state index is 0.175. The Morgan fingerprint density at radius 2 is 2.13 bits per heavy atom. The van der Waals surface area contributed by atoms with E-state index in [4.69, 9.17) is 15.2 Å². The van der Waals surface area contributed by atoms with Crippen LogP contribution in [0.3, 0.4) is 0 Å². The molecule has 9 heteroatoms. The third kappa shape index (κ3) is 3.69. The van der Waals surface area contributed by atoms with Crippen LogP contribution in [0.1, 0.15) is 23.6 Å². The number of nitrogens with one attached hydrogen (secondary N) is 1. The van der Waals surface area contributed by atoms with Gasteiger partial charge in [0.2, 0.25) is 5.91 Å². The van der Waals surface area contributed by atoms with E-state index in [0.29, 0.717) is 28.7 Å². The molecule has 0 radical (unpaired) electrons. The summed E-state index contributed by atoms with van der Waals surface area (Å²) in [6.07, 6.45) is 1.72. The van der Waals surface area contributed by atoms with Crippen LogP contribution in [-0.2, 0) is 9.59 Å². The molecular weight excluding hydrogens is 391 g/mol. The van der Waals surface area contributed by atoms with E-state index in [-0.39, 0.29) is 30.7 Å². The van der Waals surface area contributed by atoms with Gasteiger partial charge >= 0.3 is 0 Å². The molecule has 0 unspecified atom stereocenters. The number of carbonyl (C=O) groups excluding carboxylic acids is 2. The first-order chi connectivity index (χ1) is 14.5. The number of nitrogens with two attached hydrogens (primary N) is 1. The number of nitrogens with zero attached hydrogens (tertiary/aromatic N) is 2. The van der Waals surface area contributed by atoms with Crippen LogP contribution in [-0.4, -0.2) is 35.1 Å². The maximum atomic E-state index is 13.7. The van der Waals surface area contributed by atoms with Gasteiger partial charge in [-0.2, -0.15) is 0 Å². The van der Waals surface area contributed by atoms with Crippen LogP contribution in [0.5, 0.6) is 11.5 Å². The second-order valence-electron chi connectivity index (χ2n) is 6.80. The van der Waals surface area contributed by atoms with E-state index in [1.165, 1.54) is 19.2 Å². The first-order valence-electron chi connectivity index (χ1n) is 9.18. The van der Waals surface area contributed by atoms with Crippen molar-refractivity contribution in [1.29, 1.82) is 0 Å². The smallest absolute Gasteiger partial charge is 0.255 e. The molecule has 2 aromatic carbocycles. The highest BCUT2D eigenvalue weighted by molar-refractivity contribution is 5.94. The Hall–Kier alpha value is -3.88. The van der Waals surface area contributed by atoms with Crippen molar-refractivity contribution >= 4 is 17.6 Å². The van der Waals surface area contributed by atoms with Gasteiger partial charge in [-0.1, -0.05) is 12.1 Å². The van der Waals surface area contributed by atoms with Crippen molar-refractivity contribution in [3.63, 3.8) is 0 Å². The normalized spacial score (nSPS) is 15.3. The van der Waals surface area contributed by atoms with Crippen LogP contribution in [0.15, 0.2) is 48.8 Å². The van der Waals surface area contributed by atoms with Gasteiger partial charge in [0.15, 0.2) is 18.1 Å². The number of aromatic nitrogens is 2. The van der Waals surface area contributed by atoms with Gasteiger partial charge in [-0.05, 0) is 35.9 Å². The fraction of sp³-hybridized carbons (Fsp3) is 0.190. The topological polar surface area (TPSA) is 108 Å². The lowest BCUT2D eigenvalue weighted by Crippen LogP contribution is -2.25. The van der Waals surface area contributed by atoms with Crippen molar-refractivity contribution in [2.75, 3.05) is 19.0 Å². The zero-order chi connectivity index (χ0) is 21.3. The van der Waals surface area contributed by atoms with Crippen LogP contribution >= 0.6 is 0 Å². The summed E-state index contributed by atoms with van der Waals surface area (Å²) >= 11 is 0. The molecule has 3 aromatic rings. The quantitative estimate of drug-likeness (QED) is 0.649. The lowest BCUT2D eigenvalue weighted by Gasteiger charge is -2.24. The second-order valence-corrected chi connectivity index (χ2v) is 6.80. The fourth-order valence-corrected chi connectivity index (χ4v) is 3.48. The Balaban J connectivity index is 1.74. The van der Waals surface area contributed by atoms with Crippen LogP contribution < -0.4 is 20.5 Å². The second kappa shape index (κ2) is 7.86. The van der Waals surface area contributed by atoms with Gasteiger partial charge < -0.3 is 20.5 Å². The molecule has 0 aliphatic carbocycles. The van der Waals surface area contributed by atoms with Crippen molar-refractivity contribution in [3.05, 3.63) is 65.9 Å². The van der Waals surface area contributed by atoms with Crippen LogP contribution in [0, 0.1) is 5.82 Å². The maximum absolute atomic E-state index is 13.7. The number of rotatable bonds is 6. The van der Waals surface area contributed by atoms with Gasteiger partial charge in [0.25, 0.3) is 5.91 Å². The van der Waals surface area contributed by atoms with Gasteiger partial charge in [-0.3, -0.25) is 14.2 Å². The molecule has 2 heterocycles. The number of primary amides is 1. The highest BCUT2D eigenvalue weighted by Gasteiger charge is 2.31. The summed E-state index contributed by atoms with van der Waals surface area (Å²) in [6.45, 7) is -0.301. The number of imidazole rings is 1. The van der Waals surface area contributed by atoms with E-state index in [1.807, 2.05) is 6.07 Å². The Morgan fingerprint density at radius 1 is 1.30 bits per heavy atom. The Kier molecular flexibility index (Phi) is 5.09. The van der Waals surface area contributed by atoms with Gasteiger partial charge in [-0.25, -0.2) is 9.37 Å². The average Bonchev–Trinajstić information content (AvgIpc) is 3.15. The molecular formula is C21H19FN4O4. The number of hydrogen-bond acceptors (Lipinski definition) is 5. The number of amides is 2. The predicted octanol–water partition coefficient (Wildman–Crippen LogP) is 2.36. The van der Waals surface area contributed by atoms with E-state index in [2.05, 4.69) is 10.3 Å². The third-order valence-corrected chi connectivity index (χ3v) is 4.82. The third-order valence-electron chi connectivity index (χ3n) is 4.82. The summed E-state index contributed by atoms with van der Waals surface area (Å²) in [6, 6.07) is 11.2. The molecule has 30 heavy (non-hydrogen) atoms. The monoisotopic (exact) mass is 410 g/mol. The van der Waals surface area contributed by atoms with Gasteiger partial charge in [0, 0.05) is 12.3 Å². The van der Waals surface area contributed by atoms with Crippen molar-refractivity contribution in [1.82, 2.24) is 9.55 Å². The first-order valence-corrected chi connectivity index (χ1v) is 9.18. The van der Waals surface area contributed by atoms with Crippen LogP contribution in [0.2, 0.25) is 0 Å². The number of anilines is 1. The Bertz CT molecular complexity index is 1130. The fourth-order valence-electron chi connectivity index (χ4n) is 3.48. The number of methoxy groups -OCH3 is 1. The molecule has 1 aliphatic rings. The lowest BCUT2D eigenvalue weighted by atomic mass is 9.89. The number of fused-ring (bicyclic) bond motifs is 1. The van der Waals surface area contributed by atoms with Gasteiger partial charge in [0.1, 0.15) is 18.0 Å². The lowest BCUT2D eigenvalue weighted by molar-refractivity contribution is -0.120. The predicted molar refractivity (Wildman–Crippen MR) is 106 cm³/mol. The largest absolute Gasteiger partial charge is 0.493 e. The molecule has 3 N–H and O–H groups in total. The molecule has 0 fully saturated rings. The van der Waals surface area contributed by atoms with E-state index >= 15 is 0 Å². The number of halogens is 1. The molecule has 0 spiro atoms. The summed E-state index contributed by atoms with van der Waals surface area (Å²) in [5, 5.41) is 2.83. The van der Waals surface area contributed by atoms with E-state index in [9.17, 15) is 14.0 Å². The SMILES string of the molecule is COc1ccc([C@@H]2CC(=O)Nc3c2ncn3-c2cccc(F)c2)cc1OCC(N)=O. The zero-order valence-electron chi connectivity index (χ0n) is 16.1. The standard InChI is InChI=1S/C21H19FN4O4/c1-29-16-6-5-12(7-17(16)30-10-18(23)27)15-9-19(28)25-21-20(15)24-11-26(21)14-4-2-3-13(22)8-14/h2-8,11,15H,9-10H2,1H3,(H2,23,27)(H,25,28)/t15-/m0/s1. The molecule has 1 atom stereocenters. The summed E-state index contributed by atoms with van der Waals surface area (Å²) in [5.41, 5.74) is 7.12. The summed E-state index contributed by atoms with van der Waals surface area (Å²) in [5.74, 6) is -0.295. The van der Waals surface area contributed by atoms with E-state index in [0.717, 1.165) is 5.56 Å². The average molecular weight is 410 g/mol. The number of hydrogen-bond donors (Lipinski definition) is 2. The zero-order valence-corrected chi connectivity index (χ0v) is 16.1. The molecule has 154 valence electrons. The summed E-state index contributed by atoms with van der Waals surface area (Å²) < 4.78 is 26.0. The Morgan fingerprint density at radius 3 is 2.87 bits per heavy atom. The van der Waals surface area contributed by atoms with Gasteiger partial charge in [-0.15, -0.1) is 0 Å². The minimum atomic E-state index is -0.615. The van der Waals surface area contributed by atoms with Crippen molar-refractivity contribution < 1.29 is 23.5 Å². The number of benzene rings is 2. The molecule has 0 saturated carbocycles. The van der Waals surface area contributed by atoms with Crippen molar-refractivity contribution in [3.8, 4) is 17.2 Å². The number of carbonyl (C=O) groups is 2. The molecule has 1 aromatic heterocycles. The molecule has 2 amide bonds. The number of ether oxygens (including phenoxy) is 2. The van der Waals surface area contributed by atoms with Gasteiger partial charge in [0.05, 0.1) is 18.5 Å². The minimum Gasteiger partial charge on any atom is -0.493 e. The molecule has 0 bridgehead atoms. The van der Waals surface area contributed by atoms with Crippen LogP contribution in [0.4, 0.5) is 10.2 Å². The van der Waals surface area contributed by atoms with Crippen LogP contribution in [0.25, 0.3) is 5.69 Å². The maximum Gasteiger partial charge on any atom is 0.255 e. The highest BCUT2D eigenvalue weighted by atomic mass is 19.1. The summed E-state index contributed by atoms with van der Waals surface area (Å²) in [4.78, 5) is 28.0. The molecule has 0 saturated heterocycles. The highest BCUT2D eigenvalue weighted by Crippen LogP contribution is 2.40. The molecule has 8 nitrogen and oxygen atoms in total. The molecule has 1 aliphatic heterocycles. The van der Waals surface area contributed by atoms with E-state index < -0.39 is 5.91 Å². The van der Waals surface area contributed by atoms with Crippen molar-refractivity contribution in [2.24, 2.45) is 5.73 Å². The molecule has 4 rings (SSSR count). The van der Waals surface area contributed by atoms with Crippen molar-refractivity contribution in [2.45, 2.75) is 12.3 Å². The Labute approximate surface area is 171 Å². The first kappa shape index (κ1) is 19.4. The van der Waals surface area contributed by atoms with E-state index in [1.54, 1.807) is 35.2 Å². The summed E-state index contributed by atoms with van der Waals surface area (Å²) in [7, 11) is 1.49.